The van der Waals surface area contributed by atoms with Gasteiger partial charge in [-0.1, -0.05) is 43.5 Å². The van der Waals surface area contributed by atoms with E-state index in [1.807, 2.05) is 13.0 Å². The van der Waals surface area contributed by atoms with Crippen molar-refractivity contribution in [2.24, 2.45) is 0 Å². The second kappa shape index (κ2) is 6.29. The number of ether oxygens (including phenoxy) is 1. The normalized spacial score (nSPS) is 10.4. The van der Waals surface area contributed by atoms with Crippen molar-refractivity contribution in [1.29, 1.82) is 0 Å². The third-order valence-corrected chi connectivity index (χ3v) is 4.65. The first-order valence-corrected chi connectivity index (χ1v) is 7.74. The topological polar surface area (TPSA) is 26.3 Å². The fraction of sp³-hybridized carbons (Fsp3) is 0.133. The van der Waals surface area contributed by atoms with Crippen LogP contribution < -0.4 is 4.74 Å². The van der Waals surface area contributed by atoms with Crippen LogP contribution in [0.15, 0.2) is 39.3 Å². The molecule has 0 unspecified atom stereocenters. The van der Waals surface area contributed by atoms with Gasteiger partial charge in [-0.25, -0.2) is 0 Å². The maximum absolute atomic E-state index is 12.6. The first-order valence-electron chi connectivity index (χ1n) is 5.78. The number of hydrogen-bond donors (Lipinski definition) is 0. The lowest BCUT2D eigenvalue weighted by Gasteiger charge is -2.10. The average Bonchev–Trinajstić information content (AvgIpc) is 2.42. The maximum Gasteiger partial charge on any atom is 0.197 e. The Bertz CT molecular complexity index is 684. The first-order chi connectivity index (χ1) is 9.43. The Morgan fingerprint density at radius 3 is 2.45 bits per heavy atom. The van der Waals surface area contributed by atoms with E-state index in [0.717, 1.165) is 14.5 Å². The second-order valence-electron chi connectivity index (χ2n) is 4.25. The van der Waals surface area contributed by atoms with Crippen LogP contribution in [0, 0.1) is 6.92 Å². The summed E-state index contributed by atoms with van der Waals surface area (Å²) in [6.07, 6.45) is 0. The molecule has 104 valence electrons. The number of ketones is 1. The molecule has 0 aromatic heterocycles. The summed E-state index contributed by atoms with van der Waals surface area (Å²) in [6, 6.07) is 8.68. The number of aryl methyl sites for hydroxylation is 1. The average molecular weight is 419 g/mol. The molecule has 5 heteroatoms. The van der Waals surface area contributed by atoms with E-state index < -0.39 is 0 Å². The van der Waals surface area contributed by atoms with Gasteiger partial charge < -0.3 is 4.74 Å². The van der Waals surface area contributed by atoms with Crippen LogP contribution in [-0.4, -0.2) is 12.9 Å². The zero-order valence-electron chi connectivity index (χ0n) is 10.8. The van der Waals surface area contributed by atoms with Crippen LogP contribution in [0.3, 0.4) is 0 Å². The summed E-state index contributed by atoms with van der Waals surface area (Å²) < 4.78 is 6.87. The number of benzene rings is 2. The van der Waals surface area contributed by atoms with Gasteiger partial charge in [-0.2, -0.15) is 0 Å². The number of halogens is 3. The minimum Gasteiger partial charge on any atom is -0.496 e. The summed E-state index contributed by atoms with van der Waals surface area (Å²) in [5.41, 5.74) is 2.10. The monoisotopic (exact) mass is 416 g/mol. The molecule has 0 aliphatic heterocycles. The Kier molecular flexibility index (Phi) is 4.89. The van der Waals surface area contributed by atoms with Gasteiger partial charge in [0.1, 0.15) is 5.75 Å². The molecule has 0 N–H and O–H groups in total. The summed E-state index contributed by atoms with van der Waals surface area (Å²) in [5, 5.41) is 0.530. The van der Waals surface area contributed by atoms with Crippen LogP contribution in [0.25, 0.3) is 0 Å². The lowest BCUT2D eigenvalue weighted by atomic mass is 10.0. The van der Waals surface area contributed by atoms with E-state index in [1.54, 1.807) is 24.3 Å². The molecule has 0 amide bonds. The lowest BCUT2D eigenvalue weighted by molar-refractivity contribution is 0.103. The van der Waals surface area contributed by atoms with E-state index in [2.05, 4.69) is 31.9 Å². The van der Waals surface area contributed by atoms with E-state index in [-0.39, 0.29) is 5.78 Å². The van der Waals surface area contributed by atoms with Crippen molar-refractivity contribution in [2.75, 3.05) is 7.11 Å². The first kappa shape index (κ1) is 15.5. The number of carbonyl (C=O) groups excluding carboxylic acids is 1. The van der Waals surface area contributed by atoms with Crippen LogP contribution in [0.5, 0.6) is 5.75 Å². The van der Waals surface area contributed by atoms with Gasteiger partial charge in [-0.3, -0.25) is 4.79 Å². The van der Waals surface area contributed by atoms with Gasteiger partial charge in [0, 0.05) is 19.5 Å². The summed E-state index contributed by atoms with van der Waals surface area (Å²) in [5.74, 6) is 0.345. The molecule has 2 aromatic carbocycles. The molecular weight excluding hydrogens is 407 g/mol. The van der Waals surface area contributed by atoms with Crippen LogP contribution >= 0.6 is 43.5 Å². The SMILES string of the molecule is COc1cc(Cl)ccc1C(=O)c1cc(Br)c(C)cc1Br. The van der Waals surface area contributed by atoms with Gasteiger partial charge in [0.2, 0.25) is 0 Å². The fourth-order valence-corrected chi connectivity index (χ4v) is 2.96. The molecule has 0 saturated carbocycles. The Balaban J connectivity index is 2.54. The largest absolute Gasteiger partial charge is 0.496 e. The predicted molar refractivity (Wildman–Crippen MR) is 88.0 cm³/mol. The van der Waals surface area contributed by atoms with Gasteiger partial charge in [-0.05, 0) is 42.8 Å². The molecule has 0 radical (unpaired) electrons. The highest BCUT2D eigenvalue weighted by molar-refractivity contribution is 9.11. The van der Waals surface area contributed by atoms with Gasteiger partial charge >= 0.3 is 0 Å². The summed E-state index contributed by atoms with van der Waals surface area (Å²) >= 11 is 12.8. The number of rotatable bonds is 3. The zero-order chi connectivity index (χ0) is 14.9. The fourth-order valence-electron chi connectivity index (χ4n) is 1.82. The lowest BCUT2D eigenvalue weighted by Crippen LogP contribution is -2.05. The van der Waals surface area contributed by atoms with Crippen molar-refractivity contribution in [3.63, 3.8) is 0 Å². The molecule has 0 atom stereocenters. The molecule has 0 saturated heterocycles. The zero-order valence-corrected chi connectivity index (χ0v) is 14.8. The minimum absolute atomic E-state index is 0.119. The Morgan fingerprint density at radius 2 is 1.80 bits per heavy atom. The Hall–Kier alpha value is -0.840. The molecular formula is C15H11Br2ClO2. The number of carbonyl (C=O) groups is 1. The second-order valence-corrected chi connectivity index (χ2v) is 6.40. The van der Waals surface area contributed by atoms with Gasteiger partial charge in [0.05, 0.1) is 12.7 Å². The summed E-state index contributed by atoms with van der Waals surface area (Å²) in [6.45, 7) is 1.96. The third kappa shape index (κ3) is 3.08. The van der Waals surface area contributed by atoms with Crippen molar-refractivity contribution in [1.82, 2.24) is 0 Å². The quantitative estimate of drug-likeness (QED) is 0.623. The van der Waals surface area contributed by atoms with Crippen molar-refractivity contribution < 1.29 is 9.53 Å². The highest BCUT2D eigenvalue weighted by atomic mass is 79.9. The molecule has 0 fully saturated rings. The standard InChI is InChI=1S/C15H11Br2ClO2/c1-8-5-13(17)11(7-12(8)16)15(19)10-4-3-9(18)6-14(10)20-2/h3-7H,1-2H3. The molecule has 20 heavy (non-hydrogen) atoms. The summed E-state index contributed by atoms with van der Waals surface area (Å²) in [7, 11) is 1.52. The molecule has 0 bridgehead atoms. The van der Waals surface area contributed by atoms with E-state index in [1.165, 1.54) is 7.11 Å². The number of methoxy groups -OCH3 is 1. The van der Waals surface area contributed by atoms with E-state index in [9.17, 15) is 4.79 Å². The molecule has 2 aromatic rings. The number of hydrogen-bond acceptors (Lipinski definition) is 2. The van der Waals surface area contributed by atoms with Crippen LogP contribution in [0.1, 0.15) is 21.5 Å². The van der Waals surface area contributed by atoms with Crippen LogP contribution in [-0.2, 0) is 0 Å². The third-order valence-electron chi connectivity index (χ3n) is 2.90. The van der Waals surface area contributed by atoms with Gasteiger partial charge in [0.15, 0.2) is 5.78 Å². The molecule has 0 spiro atoms. The highest BCUT2D eigenvalue weighted by Gasteiger charge is 2.18. The Morgan fingerprint density at radius 1 is 1.10 bits per heavy atom. The predicted octanol–water partition coefficient (Wildman–Crippen LogP) is 5.41. The van der Waals surface area contributed by atoms with Crippen molar-refractivity contribution in [2.45, 2.75) is 6.92 Å². The van der Waals surface area contributed by atoms with Crippen molar-refractivity contribution in [3.8, 4) is 5.75 Å². The van der Waals surface area contributed by atoms with Crippen molar-refractivity contribution >= 4 is 49.2 Å². The van der Waals surface area contributed by atoms with E-state index in [0.29, 0.717) is 21.9 Å². The molecule has 0 heterocycles. The molecule has 2 nitrogen and oxygen atoms in total. The van der Waals surface area contributed by atoms with Gasteiger partial charge in [0.25, 0.3) is 0 Å². The molecule has 0 aliphatic carbocycles. The smallest absolute Gasteiger partial charge is 0.197 e. The summed E-state index contributed by atoms with van der Waals surface area (Å²) in [4.78, 5) is 12.6. The molecule has 0 aliphatic rings. The van der Waals surface area contributed by atoms with Crippen LogP contribution in [0.4, 0.5) is 0 Å². The van der Waals surface area contributed by atoms with Crippen LogP contribution in [0.2, 0.25) is 5.02 Å². The highest BCUT2D eigenvalue weighted by Crippen LogP contribution is 2.31. The van der Waals surface area contributed by atoms with E-state index in [4.69, 9.17) is 16.3 Å². The Labute approximate surface area is 139 Å². The minimum atomic E-state index is -0.119. The van der Waals surface area contributed by atoms with E-state index >= 15 is 0 Å². The maximum atomic E-state index is 12.6. The van der Waals surface area contributed by atoms with Gasteiger partial charge in [-0.15, -0.1) is 0 Å². The van der Waals surface area contributed by atoms with Crippen molar-refractivity contribution in [3.05, 3.63) is 61.0 Å². The molecule has 2 rings (SSSR count).